The quantitative estimate of drug-likeness (QED) is 0.526. The van der Waals surface area contributed by atoms with Crippen molar-refractivity contribution in [1.29, 1.82) is 0 Å². The maximum atomic E-state index is 10.7. The van der Waals surface area contributed by atoms with Crippen molar-refractivity contribution in [3.63, 3.8) is 0 Å². The van der Waals surface area contributed by atoms with Crippen molar-refractivity contribution in [2.24, 2.45) is 0 Å². The summed E-state index contributed by atoms with van der Waals surface area (Å²) >= 11 is 0. The van der Waals surface area contributed by atoms with Gasteiger partial charge < -0.3 is 20.8 Å². The number of nitrogens with one attached hydrogen (secondary N) is 2. The summed E-state index contributed by atoms with van der Waals surface area (Å²) in [5, 5.41) is 20.8. The summed E-state index contributed by atoms with van der Waals surface area (Å²) in [6.07, 6.45) is -5.08. The largest absolute Gasteiger partial charge is 0.490 e. The third kappa shape index (κ3) is 14.7. The van der Waals surface area contributed by atoms with Crippen LogP contribution in [0.1, 0.15) is 6.92 Å². The highest BCUT2D eigenvalue weighted by Gasteiger charge is 2.38. The van der Waals surface area contributed by atoms with E-state index in [1.807, 2.05) is 6.92 Å². The first-order valence-corrected chi connectivity index (χ1v) is 4.64. The lowest BCUT2D eigenvalue weighted by Crippen LogP contribution is -2.35. The maximum absolute atomic E-state index is 10.7. The van der Waals surface area contributed by atoms with Gasteiger partial charge >= 0.3 is 12.1 Å². The Morgan fingerprint density at radius 2 is 1.76 bits per heavy atom. The van der Waals surface area contributed by atoms with Crippen LogP contribution in [0.3, 0.4) is 0 Å². The van der Waals surface area contributed by atoms with E-state index in [0.29, 0.717) is 13.1 Å². The Balaban J connectivity index is 0. The molecule has 0 aliphatic heterocycles. The normalized spacial score (nSPS) is 10.2. The fraction of sp³-hybridized carbons (Fsp3) is 0.750. The van der Waals surface area contributed by atoms with Gasteiger partial charge in [0.15, 0.2) is 0 Å². The van der Waals surface area contributed by atoms with Gasteiger partial charge in [-0.1, -0.05) is 6.92 Å². The molecule has 0 bridgehead atoms. The number of carbonyl (C=O) groups is 2. The average molecular weight is 260 g/mol. The van der Waals surface area contributed by atoms with Gasteiger partial charge in [0.25, 0.3) is 0 Å². The zero-order valence-electron chi connectivity index (χ0n) is 9.17. The first-order valence-electron chi connectivity index (χ1n) is 4.64. The number of halogens is 3. The molecule has 0 aromatic carbocycles. The molecule has 0 aromatic rings. The predicted octanol–water partition coefficient (Wildman–Crippen LogP) is -0.662. The van der Waals surface area contributed by atoms with Crippen molar-refractivity contribution in [1.82, 2.24) is 10.6 Å². The Bertz CT molecular complexity index is 223. The first-order chi connectivity index (χ1) is 7.75. The highest BCUT2D eigenvalue weighted by Crippen LogP contribution is 2.13. The van der Waals surface area contributed by atoms with Gasteiger partial charge in [-0.25, -0.2) is 4.79 Å². The second-order valence-corrected chi connectivity index (χ2v) is 2.66. The fourth-order valence-corrected chi connectivity index (χ4v) is 0.496. The molecule has 0 saturated carbocycles. The van der Waals surface area contributed by atoms with E-state index in [4.69, 9.17) is 15.0 Å². The summed E-state index contributed by atoms with van der Waals surface area (Å²) in [5.41, 5.74) is 0. The average Bonchev–Trinajstić information content (AvgIpc) is 2.23. The molecule has 0 atom stereocenters. The van der Waals surface area contributed by atoms with Crippen LogP contribution in [0.25, 0.3) is 0 Å². The number of carboxylic acid groups (broad SMARTS) is 1. The number of carboxylic acids is 1. The van der Waals surface area contributed by atoms with Crippen LogP contribution in [0.2, 0.25) is 0 Å². The Morgan fingerprint density at radius 3 is 2.06 bits per heavy atom. The smallest absolute Gasteiger partial charge is 0.475 e. The molecule has 102 valence electrons. The van der Waals surface area contributed by atoms with Crippen LogP contribution in [0.5, 0.6) is 0 Å². The number of amides is 1. The van der Waals surface area contributed by atoms with Crippen LogP contribution in [-0.2, 0) is 9.59 Å². The highest BCUT2D eigenvalue weighted by atomic mass is 19.4. The van der Waals surface area contributed by atoms with Gasteiger partial charge in [-0.2, -0.15) is 13.2 Å². The summed E-state index contributed by atoms with van der Waals surface area (Å²) in [6.45, 7) is 3.38. The van der Waals surface area contributed by atoms with E-state index in [1.54, 1.807) is 0 Å². The van der Waals surface area contributed by atoms with Crippen molar-refractivity contribution in [3.05, 3.63) is 0 Å². The van der Waals surface area contributed by atoms with Crippen molar-refractivity contribution in [3.8, 4) is 0 Å². The van der Waals surface area contributed by atoms with E-state index < -0.39 is 12.1 Å². The van der Waals surface area contributed by atoms with Gasteiger partial charge in [0.2, 0.25) is 5.91 Å². The summed E-state index contributed by atoms with van der Waals surface area (Å²) in [5.74, 6) is -2.83. The maximum Gasteiger partial charge on any atom is 0.490 e. The fourth-order valence-electron chi connectivity index (χ4n) is 0.496. The van der Waals surface area contributed by atoms with E-state index in [-0.39, 0.29) is 12.5 Å². The topological polar surface area (TPSA) is 98.7 Å². The molecule has 0 spiro atoms. The monoisotopic (exact) mass is 260 g/mol. The van der Waals surface area contributed by atoms with Gasteiger partial charge in [0, 0.05) is 6.54 Å². The number of hydrogen-bond acceptors (Lipinski definition) is 4. The number of likely N-dealkylation sites (N-methyl/N-ethyl adjacent to an activating group) is 1. The molecule has 0 saturated heterocycles. The summed E-state index contributed by atoms with van der Waals surface area (Å²) in [4.78, 5) is 19.6. The number of hydrogen-bond donors (Lipinski definition) is 4. The van der Waals surface area contributed by atoms with Crippen LogP contribution in [0, 0.1) is 0 Å². The Hall–Kier alpha value is -1.35. The van der Waals surface area contributed by atoms with Gasteiger partial charge in [-0.3, -0.25) is 4.79 Å². The van der Waals surface area contributed by atoms with Crippen LogP contribution >= 0.6 is 0 Å². The standard InChI is InChI=1S/C6H14N2O2.C2HF3O2/c1-2-7-5-6(10)8-3-4-9;3-2(4,5)1(6)7/h7,9H,2-5H2,1H3,(H,8,10);(H,6,7). The molecule has 0 aliphatic rings. The zero-order valence-corrected chi connectivity index (χ0v) is 9.17. The summed E-state index contributed by atoms with van der Waals surface area (Å²) in [7, 11) is 0. The van der Waals surface area contributed by atoms with Crippen molar-refractivity contribution in [2.45, 2.75) is 13.1 Å². The lowest BCUT2D eigenvalue weighted by Gasteiger charge is -2.01. The minimum absolute atomic E-state index is 0.00212. The van der Waals surface area contributed by atoms with E-state index in [0.717, 1.165) is 6.54 Å². The summed E-state index contributed by atoms with van der Waals surface area (Å²) in [6, 6.07) is 0. The van der Waals surface area contributed by atoms with Crippen LogP contribution < -0.4 is 10.6 Å². The lowest BCUT2D eigenvalue weighted by atomic mass is 10.5. The van der Waals surface area contributed by atoms with Crippen molar-refractivity contribution >= 4 is 11.9 Å². The van der Waals surface area contributed by atoms with E-state index in [1.165, 1.54) is 0 Å². The number of aliphatic hydroxyl groups excluding tert-OH is 1. The number of aliphatic hydroxyl groups is 1. The number of carbonyl (C=O) groups excluding carboxylic acids is 1. The number of alkyl halides is 3. The van der Waals surface area contributed by atoms with Gasteiger partial charge in [0.1, 0.15) is 0 Å². The van der Waals surface area contributed by atoms with E-state index in [2.05, 4.69) is 10.6 Å². The van der Waals surface area contributed by atoms with Crippen molar-refractivity contribution in [2.75, 3.05) is 26.2 Å². The van der Waals surface area contributed by atoms with Gasteiger partial charge in [0.05, 0.1) is 13.2 Å². The molecule has 0 rings (SSSR count). The number of aliphatic carboxylic acids is 1. The predicted molar refractivity (Wildman–Crippen MR) is 52.3 cm³/mol. The molecule has 0 aliphatic carbocycles. The zero-order chi connectivity index (χ0) is 13.9. The van der Waals surface area contributed by atoms with Gasteiger partial charge in [-0.05, 0) is 6.54 Å². The minimum atomic E-state index is -5.08. The molecule has 0 unspecified atom stereocenters. The van der Waals surface area contributed by atoms with Crippen molar-refractivity contribution < 1.29 is 33.0 Å². The molecule has 0 heterocycles. The molecule has 0 radical (unpaired) electrons. The molecule has 4 N–H and O–H groups in total. The lowest BCUT2D eigenvalue weighted by molar-refractivity contribution is -0.192. The molecule has 0 fully saturated rings. The minimum Gasteiger partial charge on any atom is -0.475 e. The third-order valence-electron chi connectivity index (χ3n) is 1.21. The highest BCUT2D eigenvalue weighted by molar-refractivity contribution is 5.77. The molecule has 1 amide bonds. The van der Waals surface area contributed by atoms with E-state index >= 15 is 0 Å². The SMILES string of the molecule is CCNCC(=O)NCCO.O=C(O)C(F)(F)F. The van der Waals surface area contributed by atoms with Crippen LogP contribution in [0.4, 0.5) is 13.2 Å². The van der Waals surface area contributed by atoms with Gasteiger partial charge in [-0.15, -0.1) is 0 Å². The molecular formula is C8H15F3N2O4. The Labute approximate surface area is 95.8 Å². The Kier molecular flexibility index (Phi) is 10.4. The second-order valence-electron chi connectivity index (χ2n) is 2.66. The van der Waals surface area contributed by atoms with E-state index in [9.17, 15) is 18.0 Å². The molecular weight excluding hydrogens is 245 g/mol. The first kappa shape index (κ1) is 18.0. The van der Waals surface area contributed by atoms with Crippen LogP contribution in [-0.4, -0.2) is 54.5 Å². The Morgan fingerprint density at radius 1 is 1.29 bits per heavy atom. The molecule has 17 heavy (non-hydrogen) atoms. The third-order valence-corrected chi connectivity index (χ3v) is 1.21. The summed E-state index contributed by atoms with van der Waals surface area (Å²) < 4.78 is 31.7. The van der Waals surface area contributed by atoms with Crippen LogP contribution in [0.15, 0.2) is 0 Å². The number of rotatable bonds is 5. The second kappa shape index (κ2) is 9.85. The molecule has 0 aromatic heterocycles. The molecule has 6 nitrogen and oxygen atoms in total. The molecule has 9 heteroatoms.